The lowest BCUT2D eigenvalue weighted by molar-refractivity contribution is -0.122. The highest BCUT2D eigenvalue weighted by atomic mass is 16.4. The number of carbonyl (C=O) groups is 1. The Kier molecular flexibility index (Phi) is 3.58. The smallest absolute Gasteiger partial charge is 0.242 e. The van der Waals surface area contributed by atoms with Crippen molar-refractivity contribution in [2.24, 2.45) is 5.16 Å². The molecule has 0 radical (unpaired) electrons. The van der Waals surface area contributed by atoms with Gasteiger partial charge in [0.25, 0.3) is 0 Å². The number of amides is 1. The van der Waals surface area contributed by atoms with Gasteiger partial charge in [0.05, 0.1) is 5.71 Å². The van der Waals surface area contributed by atoms with E-state index in [0.717, 1.165) is 37.1 Å². The number of carbonyl (C=O) groups excluding carboxylic acids is 1. The molecule has 1 saturated heterocycles. The third-order valence-corrected chi connectivity index (χ3v) is 4.12. The third kappa shape index (κ3) is 2.24. The Morgan fingerprint density at radius 1 is 1.30 bits per heavy atom. The Balaban J connectivity index is 1.96. The number of fused-ring (bicyclic) bond motifs is 1. The molecule has 20 heavy (non-hydrogen) atoms. The first-order valence-corrected chi connectivity index (χ1v) is 7.16. The number of nitrogens with zero attached hydrogens (tertiary/aromatic N) is 2. The maximum atomic E-state index is 12.2. The minimum atomic E-state index is -0.112. The first-order chi connectivity index (χ1) is 9.81. The molecule has 5 heteroatoms. The van der Waals surface area contributed by atoms with E-state index >= 15 is 0 Å². The van der Waals surface area contributed by atoms with E-state index < -0.39 is 0 Å². The summed E-state index contributed by atoms with van der Waals surface area (Å²) >= 11 is 0. The second-order valence-electron chi connectivity index (χ2n) is 5.31. The summed E-state index contributed by atoms with van der Waals surface area (Å²) in [5, 5.41) is 15.5. The fraction of sp³-hybridized carbons (Fsp3) is 0.467. The molecule has 2 aliphatic rings. The normalized spacial score (nSPS) is 25.0. The van der Waals surface area contributed by atoms with E-state index in [4.69, 9.17) is 5.21 Å². The molecule has 2 N–H and O–H groups in total. The average Bonchev–Trinajstić information content (AvgIpc) is 2.71. The molecule has 1 amide bonds. The monoisotopic (exact) mass is 273 g/mol. The van der Waals surface area contributed by atoms with E-state index in [-0.39, 0.29) is 11.9 Å². The molecule has 1 unspecified atom stereocenters. The maximum absolute atomic E-state index is 12.2. The van der Waals surface area contributed by atoms with Gasteiger partial charge < -0.3 is 15.4 Å². The number of hydrogen-bond donors (Lipinski definition) is 2. The predicted molar refractivity (Wildman–Crippen MR) is 77.4 cm³/mol. The molecular weight excluding hydrogens is 254 g/mol. The number of oxime groups is 1. The van der Waals surface area contributed by atoms with Crippen molar-refractivity contribution in [3.05, 3.63) is 29.8 Å². The SMILES string of the molecule is O=C1NCCCCC1N1CCC(=NO)c2ccccc21. The molecule has 0 aromatic heterocycles. The third-order valence-electron chi connectivity index (χ3n) is 4.12. The van der Waals surface area contributed by atoms with E-state index in [0.29, 0.717) is 18.7 Å². The first kappa shape index (κ1) is 13.0. The summed E-state index contributed by atoms with van der Waals surface area (Å²) in [5.41, 5.74) is 2.62. The molecule has 0 saturated carbocycles. The van der Waals surface area contributed by atoms with Crippen LogP contribution < -0.4 is 10.2 Å². The van der Waals surface area contributed by atoms with Gasteiger partial charge in [0, 0.05) is 30.8 Å². The van der Waals surface area contributed by atoms with E-state index in [2.05, 4.69) is 15.4 Å². The van der Waals surface area contributed by atoms with Gasteiger partial charge in [0.2, 0.25) is 5.91 Å². The molecule has 0 spiro atoms. The van der Waals surface area contributed by atoms with Gasteiger partial charge in [-0.15, -0.1) is 0 Å². The van der Waals surface area contributed by atoms with Crippen molar-refractivity contribution in [1.82, 2.24) is 5.32 Å². The molecule has 2 aliphatic heterocycles. The van der Waals surface area contributed by atoms with Crippen LogP contribution in [-0.2, 0) is 4.79 Å². The Bertz CT molecular complexity index is 542. The van der Waals surface area contributed by atoms with Crippen LogP contribution in [0.25, 0.3) is 0 Å². The van der Waals surface area contributed by atoms with Gasteiger partial charge >= 0.3 is 0 Å². The van der Waals surface area contributed by atoms with Gasteiger partial charge in [-0.2, -0.15) is 0 Å². The highest BCUT2D eigenvalue weighted by molar-refractivity contribution is 6.07. The van der Waals surface area contributed by atoms with Crippen molar-refractivity contribution in [2.45, 2.75) is 31.7 Å². The lowest BCUT2D eigenvalue weighted by atomic mass is 9.96. The zero-order valence-electron chi connectivity index (χ0n) is 11.4. The molecule has 0 aliphatic carbocycles. The second-order valence-corrected chi connectivity index (χ2v) is 5.31. The molecule has 0 bridgehead atoms. The van der Waals surface area contributed by atoms with Gasteiger partial charge in [-0.3, -0.25) is 4.79 Å². The standard InChI is InChI=1S/C15H19N3O2/c19-15-14(7-3-4-9-16-15)18-10-8-12(17-20)11-5-1-2-6-13(11)18/h1-2,5-6,14,20H,3-4,7-10H2,(H,16,19). The minimum absolute atomic E-state index is 0.112. The zero-order valence-corrected chi connectivity index (χ0v) is 11.4. The summed E-state index contributed by atoms with van der Waals surface area (Å²) in [7, 11) is 0. The Morgan fingerprint density at radius 2 is 2.15 bits per heavy atom. The average molecular weight is 273 g/mol. The molecular formula is C15H19N3O2. The van der Waals surface area contributed by atoms with Crippen LogP contribution in [0.2, 0.25) is 0 Å². The lowest BCUT2D eigenvalue weighted by Crippen LogP contribution is -2.48. The summed E-state index contributed by atoms with van der Waals surface area (Å²) in [6.45, 7) is 1.49. The topological polar surface area (TPSA) is 64.9 Å². The highest BCUT2D eigenvalue weighted by Crippen LogP contribution is 2.30. The van der Waals surface area contributed by atoms with Crippen molar-refractivity contribution < 1.29 is 10.0 Å². The van der Waals surface area contributed by atoms with Crippen molar-refractivity contribution in [3.8, 4) is 0 Å². The fourth-order valence-electron chi connectivity index (χ4n) is 3.10. The van der Waals surface area contributed by atoms with Crippen molar-refractivity contribution in [2.75, 3.05) is 18.0 Å². The van der Waals surface area contributed by atoms with Crippen LogP contribution in [0.1, 0.15) is 31.2 Å². The van der Waals surface area contributed by atoms with Crippen LogP contribution in [0.3, 0.4) is 0 Å². The molecule has 106 valence electrons. The molecule has 5 nitrogen and oxygen atoms in total. The zero-order chi connectivity index (χ0) is 13.9. The van der Waals surface area contributed by atoms with Gasteiger partial charge in [0.1, 0.15) is 6.04 Å². The Morgan fingerprint density at radius 3 is 3.00 bits per heavy atom. The van der Waals surface area contributed by atoms with Crippen LogP contribution in [0.15, 0.2) is 29.4 Å². The summed E-state index contributed by atoms with van der Waals surface area (Å²) in [6, 6.07) is 7.73. The highest BCUT2D eigenvalue weighted by Gasteiger charge is 2.32. The maximum Gasteiger partial charge on any atom is 0.242 e. The molecule has 1 aromatic rings. The van der Waals surface area contributed by atoms with Crippen LogP contribution in [0, 0.1) is 0 Å². The van der Waals surface area contributed by atoms with Crippen LogP contribution in [0.4, 0.5) is 5.69 Å². The number of benzene rings is 1. The van der Waals surface area contributed by atoms with Crippen LogP contribution in [-0.4, -0.2) is 36.0 Å². The van der Waals surface area contributed by atoms with Gasteiger partial charge in [-0.25, -0.2) is 0 Å². The minimum Gasteiger partial charge on any atom is -0.411 e. The van der Waals surface area contributed by atoms with E-state index in [1.54, 1.807) is 0 Å². The summed E-state index contributed by atoms with van der Waals surface area (Å²) < 4.78 is 0. The number of hydrogen-bond acceptors (Lipinski definition) is 4. The number of anilines is 1. The van der Waals surface area contributed by atoms with Crippen LogP contribution in [0.5, 0.6) is 0 Å². The fourth-order valence-corrected chi connectivity index (χ4v) is 3.10. The van der Waals surface area contributed by atoms with Crippen molar-refractivity contribution >= 4 is 17.3 Å². The lowest BCUT2D eigenvalue weighted by Gasteiger charge is -2.36. The van der Waals surface area contributed by atoms with E-state index in [1.165, 1.54) is 0 Å². The number of rotatable bonds is 1. The molecule has 1 atom stereocenters. The summed E-state index contributed by atoms with van der Waals surface area (Å²) in [4.78, 5) is 14.4. The second kappa shape index (κ2) is 5.53. The molecule has 1 aromatic carbocycles. The first-order valence-electron chi connectivity index (χ1n) is 7.16. The van der Waals surface area contributed by atoms with Crippen LogP contribution >= 0.6 is 0 Å². The van der Waals surface area contributed by atoms with Gasteiger partial charge in [-0.05, 0) is 25.3 Å². The van der Waals surface area contributed by atoms with E-state index in [1.807, 2.05) is 24.3 Å². The van der Waals surface area contributed by atoms with Crippen molar-refractivity contribution in [1.29, 1.82) is 0 Å². The van der Waals surface area contributed by atoms with Crippen molar-refractivity contribution in [3.63, 3.8) is 0 Å². The predicted octanol–water partition coefficient (Wildman–Crippen LogP) is 1.74. The molecule has 3 rings (SSSR count). The van der Waals surface area contributed by atoms with E-state index in [9.17, 15) is 4.79 Å². The molecule has 1 fully saturated rings. The largest absolute Gasteiger partial charge is 0.411 e. The quantitative estimate of drug-likeness (QED) is 0.605. The van der Waals surface area contributed by atoms with Gasteiger partial charge in [0.15, 0.2) is 0 Å². The number of para-hydroxylation sites is 1. The summed E-state index contributed by atoms with van der Waals surface area (Å²) in [6.07, 6.45) is 3.65. The number of nitrogens with one attached hydrogen (secondary N) is 1. The Hall–Kier alpha value is -2.04. The Labute approximate surface area is 118 Å². The van der Waals surface area contributed by atoms with Gasteiger partial charge in [-0.1, -0.05) is 23.4 Å². The summed E-state index contributed by atoms with van der Waals surface area (Å²) in [5.74, 6) is 0.113. The molecule has 2 heterocycles.